The molecule has 0 unspecified atom stereocenters. The van der Waals surface area contributed by atoms with Gasteiger partial charge in [-0.25, -0.2) is 0 Å². The van der Waals surface area contributed by atoms with Crippen LogP contribution in [0, 0.1) is 26.9 Å². The minimum absolute atomic E-state index is 0.0260. The summed E-state index contributed by atoms with van der Waals surface area (Å²) in [5.74, 6) is 0. The zero-order valence-corrected chi connectivity index (χ0v) is 12.6. The van der Waals surface area contributed by atoms with Crippen molar-refractivity contribution in [2.75, 3.05) is 38.7 Å². The van der Waals surface area contributed by atoms with Gasteiger partial charge in [0.15, 0.2) is 0 Å². The lowest BCUT2D eigenvalue weighted by Gasteiger charge is -2.37. The molecule has 0 amide bonds. The van der Waals surface area contributed by atoms with E-state index in [0.717, 1.165) is 25.9 Å². The third-order valence-electron chi connectivity index (χ3n) is 4.09. The lowest BCUT2D eigenvalue weighted by molar-refractivity contribution is -0.384. The first-order chi connectivity index (χ1) is 10.6. The Kier molecular flexibility index (Phi) is 5.31. The molecule has 0 bridgehead atoms. The smallest absolute Gasteiger partial charge is 0.293 e. The van der Waals surface area contributed by atoms with Crippen molar-refractivity contribution in [3.8, 4) is 6.07 Å². The van der Waals surface area contributed by atoms with Crippen LogP contribution >= 0.6 is 0 Å². The Labute approximate surface area is 129 Å². The number of anilines is 1. The van der Waals surface area contributed by atoms with Crippen molar-refractivity contribution in [2.24, 2.45) is 5.41 Å². The molecule has 7 nitrogen and oxygen atoms in total. The second kappa shape index (κ2) is 7.20. The molecule has 1 aromatic carbocycles. The van der Waals surface area contributed by atoms with E-state index >= 15 is 0 Å². The van der Waals surface area contributed by atoms with Crippen molar-refractivity contribution in [1.82, 2.24) is 5.32 Å². The van der Waals surface area contributed by atoms with Crippen molar-refractivity contribution in [3.05, 3.63) is 33.9 Å². The third-order valence-corrected chi connectivity index (χ3v) is 4.09. The number of hydrogen-bond donors (Lipinski definition) is 2. The van der Waals surface area contributed by atoms with Gasteiger partial charge in [0, 0.05) is 25.1 Å². The number of nitro groups is 1. The fourth-order valence-corrected chi connectivity index (χ4v) is 2.82. The largest absolute Gasteiger partial charge is 0.384 e. The summed E-state index contributed by atoms with van der Waals surface area (Å²) in [5.41, 5.74) is 0.631. The Morgan fingerprint density at radius 1 is 1.50 bits per heavy atom. The SMILES string of the molecule is COCC1(CNc2ccc(C#N)cc2[N+](=O)[O-])CCNCC1. The fraction of sp³-hybridized carbons (Fsp3) is 0.533. The van der Waals surface area contributed by atoms with E-state index in [-0.39, 0.29) is 16.7 Å². The van der Waals surface area contributed by atoms with Gasteiger partial charge in [-0.3, -0.25) is 10.1 Å². The van der Waals surface area contributed by atoms with Gasteiger partial charge in [0.2, 0.25) is 0 Å². The van der Waals surface area contributed by atoms with E-state index in [9.17, 15) is 10.1 Å². The highest BCUT2D eigenvalue weighted by Gasteiger charge is 2.32. The fourth-order valence-electron chi connectivity index (χ4n) is 2.82. The van der Waals surface area contributed by atoms with Crippen LogP contribution in [0.25, 0.3) is 0 Å². The number of methoxy groups -OCH3 is 1. The summed E-state index contributed by atoms with van der Waals surface area (Å²) in [7, 11) is 1.67. The first-order valence-corrected chi connectivity index (χ1v) is 7.22. The summed E-state index contributed by atoms with van der Waals surface area (Å²) in [6.45, 7) is 3.06. The average Bonchev–Trinajstić information content (AvgIpc) is 2.54. The highest BCUT2D eigenvalue weighted by Crippen LogP contribution is 2.32. The van der Waals surface area contributed by atoms with Crippen LogP contribution in [0.5, 0.6) is 0 Å². The van der Waals surface area contributed by atoms with Gasteiger partial charge in [0.05, 0.1) is 23.2 Å². The molecule has 0 saturated carbocycles. The van der Waals surface area contributed by atoms with E-state index in [1.165, 1.54) is 6.07 Å². The number of hydrogen-bond acceptors (Lipinski definition) is 6. The van der Waals surface area contributed by atoms with E-state index in [4.69, 9.17) is 10.00 Å². The van der Waals surface area contributed by atoms with Crippen LogP contribution < -0.4 is 10.6 Å². The number of nitrogens with one attached hydrogen (secondary N) is 2. The van der Waals surface area contributed by atoms with Crippen molar-refractivity contribution in [3.63, 3.8) is 0 Å². The number of ether oxygens (including phenoxy) is 1. The molecule has 1 fully saturated rings. The van der Waals surface area contributed by atoms with Gasteiger partial charge in [-0.15, -0.1) is 0 Å². The zero-order chi connectivity index (χ0) is 16.0. The van der Waals surface area contributed by atoms with Crippen LogP contribution in [0.2, 0.25) is 0 Å². The van der Waals surface area contributed by atoms with Crippen LogP contribution in [0.1, 0.15) is 18.4 Å². The molecule has 0 aliphatic carbocycles. The summed E-state index contributed by atoms with van der Waals surface area (Å²) >= 11 is 0. The summed E-state index contributed by atoms with van der Waals surface area (Å²) in [6, 6.07) is 6.40. The van der Waals surface area contributed by atoms with E-state index in [1.807, 2.05) is 6.07 Å². The minimum Gasteiger partial charge on any atom is -0.384 e. The Hall–Kier alpha value is -2.17. The average molecular weight is 304 g/mol. The second-order valence-electron chi connectivity index (χ2n) is 5.64. The molecule has 1 saturated heterocycles. The molecule has 1 aromatic rings. The molecular formula is C15H20N4O3. The number of rotatable bonds is 6. The normalized spacial score (nSPS) is 16.7. The Morgan fingerprint density at radius 2 is 2.23 bits per heavy atom. The van der Waals surface area contributed by atoms with Crippen LogP contribution in [0.3, 0.4) is 0 Å². The highest BCUT2D eigenvalue weighted by atomic mass is 16.6. The molecule has 0 atom stereocenters. The second-order valence-corrected chi connectivity index (χ2v) is 5.64. The first-order valence-electron chi connectivity index (χ1n) is 7.22. The molecule has 0 spiro atoms. The van der Waals surface area contributed by atoms with Crippen molar-refractivity contribution in [2.45, 2.75) is 12.8 Å². The number of nitriles is 1. The molecular weight excluding hydrogens is 284 g/mol. The Balaban J connectivity index is 2.16. The third kappa shape index (κ3) is 3.72. The van der Waals surface area contributed by atoms with Crippen LogP contribution in [-0.2, 0) is 4.74 Å². The quantitative estimate of drug-likeness (QED) is 0.615. The topological polar surface area (TPSA) is 100 Å². The van der Waals surface area contributed by atoms with Gasteiger partial charge < -0.3 is 15.4 Å². The minimum atomic E-state index is -0.464. The summed E-state index contributed by atoms with van der Waals surface area (Å²) < 4.78 is 5.34. The van der Waals surface area contributed by atoms with Gasteiger partial charge in [-0.05, 0) is 38.1 Å². The van der Waals surface area contributed by atoms with Gasteiger partial charge in [-0.1, -0.05) is 0 Å². The summed E-state index contributed by atoms with van der Waals surface area (Å²) in [6.07, 6.45) is 1.91. The molecule has 1 aliphatic rings. The standard InChI is InChI=1S/C15H20N4O3/c1-22-11-15(4-6-17-7-5-15)10-18-13-3-2-12(9-16)8-14(13)19(20)21/h2-3,8,17-18H,4-7,10-11H2,1H3. The molecule has 22 heavy (non-hydrogen) atoms. The van der Waals surface area contributed by atoms with E-state index in [2.05, 4.69) is 10.6 Å². The van der Waals surface area contributed by atoms with Crippen molar-refractivity contribution < 1.29 is 9.66 Å². The molecule has 118 valence electrons. The van der Waals surface area contributed by atoms with Crippen LogP contribution in [0.4, 0.5) is 11.4 Å². The zero-order valence-electron chi connectivity index (χ0n) is 12.6. The number of nitrogens with zero attached hydrogens (tertiary/aromatic N) is 2. The van der Waals surface area contributed by atoms with Gasteiger partial charge >= 0.3 is 0 Å². The summed E-state index contributed by atoms with van der Waals surface area (Å²) in [5, 5.41) is 26.5. The Morgan fingerprint density at radius 3 is 2.82 bits per heavy atom. The van der Waals surface area contributed by atoms with Crippen molar-refractivity contribution in [1.29, 1.82) is 5.26 Å². The lowest BCUT2D eigenvalue weighted by Crippen LogP contribution is -2.44. The first kappa shape index (κ1) is 16.2. The maximum absolute atomic E-state index is 11.2. The number of benzene rings is 1. The van der Waals surface area contributed by atoms with Crippen LogP contribution in [0.15, 0.2) is 18.2 Å². The van der Waals surface area contributed by atoms with E-state index in [1.54, 1.807) is 19.2 Å². The van der Waals surface area contributed by atoms with Gasteiger partial charge in [-0.2, -0.15) is 5.26 Å². The molecule has 1 aliphatic heterocycles. The molecule has 1 heterocycles. The lowest BCUT2D eigenvalue weighted by atomic mass is 9.79. The van der Waals surface area contributed by atoms with E-state index in [0.29, 0.717) is 18.8 Å². The predicted octanol–water partition coefficient (Wildman–Crippen LogP) is 1.89. The Bertz CT molecular complexity index is 571. The number of nitro benzene ring substituents is 1. The molecule has 2 rings (SSSR count). The summed E-state index contributed by atoms with van der Waals surface area (Å²) in [4.78, 5) is 10.7. The van der Waals surface area contributed by atoms with Gasteiger partial charge in [0.1, 0.15) is 5.69 Å². The maximum atomic E-state index is 11.2. The van der Waals surface area contributed by atoms with Crippen LogP contribution in [-0.4, -0.2) is 38.3 Å². The monoisotopic (exact) mass is 304 g/mol. The van der Waals surface area contributed by atoms with Crippen molar-refractivity contribution >= 4 is 11.4 Å². The highest BCUT2D eigenvalue weighted by molar-refractivity contribution is 5.64. The molecule has 2 N–H and O–H groups in total. The molecule has 0 aromatic heterocycles. The maximum Gasteiger partial charge on any atom is 0.293 e. The van der Waals surface area contributed by atoms with Gasteiger partial charge in [0.25, 0.3) is 5.69 Å². The predicted molar refractivity (Wildman–Crippen MR) is 82.7 cm³/mol. The van der Waals surface area contributed by atoms with E-state index < -0.39 is 4.92 Å². The molecule has 0 radical (unpaired) electrons. The molecule has 7 heteroatoms. The number of piperidine rings is 1.